The molecule has 0 amide bonds. The van der Waals surface area contributed by atoms with Crippen LogP contribution in [0.25, 0.3) is 10.9 Å². The zero-order valence-electron chi connectivity index (χ0n) is 9.15. The molecule has 9 heteroatoms. The molecule has 2 rings (SSSR count). The monoisotopic (exact) mass is 271 g/mol. The van der Waals surface area contributed by atoms with E-state index in [0.717, 1.165) is 5.06 Å². The lowest BCUT2D eigenvalue weighted by Crippen LogP contribution is -2.19. The maximum Gasteiger partial charge on any atom is 0.352 e. The summed E-state index contributed by atoms with van der Waals surface area (Å²) >= 11 is -2.45. The fraction of sp³-hybridized carbons (Fsp3) is 0.111. The molecule has 0 saturated heterocycles. The van der Waals surface area contributed by atoms with Crippen LogP contribution in [0.4, 0.5) is 5.82 Å². The first kappa shape index (κ1) is 12.5. The molecule has 0 aliphatic carbocycles. The van der Waals surface area contributed by atoms with Crippen LogP contribution in [0.2, 0.25) is 0 Å². The van der Waals surface area contributed by atoms with Crippen molar-refractivity contribution in [1.82, 2.24) is 9.97 Å². The van der Waals surface area contributed by atoms with Crippen LogP contribution in [-0.2, 0) is 15.6 Å². The summed E-state index contributed by atoms with van der Waals surface area (Å²) in [4.78, 5) is 17.4. The number of rotatable bonds is 4. The molecule has 3 N–H and O–H groups in total. The number of pyridine rings is 1. The van der Waals surface area contributed by atoms with Gasteiger partial charge in [-0.3, -0.25) is 4.55 Å². The number of carbonyl (C=O) groups is 1. The van der Waals surface area contributed by atoms with Crippen LogP contribution >= 0.6 is 0 Å². The Labute approximate surface area is 104 Å². The highest BCUT2D eigenvalue weighted by Crippen LogP contribution is 2.20. The van der Waals surface area contributed by atoms with Crippen LogP contribution in [0.15, 0.2) is 18.3 Å². The number of hydrogen-bond donors (Lipinski definition) is 3. The van der Waals surface area contributed by atoms with E-state index in [2.05, 4.69) is 14.3 Å². The lowest BCUT2D eigenvalue weighted by molar-refractivity contribution is 0.0691. The number of aromatic amines is 1. The highest BCUT2D eigenvalue weighted by Gasteiger charge is 2.11. The van der Waals surface area contributed by atoms with Gasteiger partial charge in [0.05, 0.1) is 11.7 Å². The number of nitrogens with one attached hydrogen (secondary N) is 1. The van der Waals surface area contributed by atoms with Crippen molar-refractivity contribution in [2.75, 3.05) is 12.1 Å². The molecule has 1 atom stereocenters. The van der Waals surface area contributed by atoms with Crippen molar-refractivity contribution in [1.29, 1.82) is 0 Å². The summed E-state index contributed by atoms with van der Waals surface area (Å²) in [5.74, 6) is -0.797. The summed E-state index contributed by atoms with van der Waals surface area (Å²) in [6.45, 7) is 0. The summed E-state index contributed by atoms with van der Waals surface area (Å²) < 4.78 is 23.6. The van der Waals surface area contributed by atoms with Crippen molar-refractivity contribution in [2.24, 2.45) is 0 Å². The van der Waals surface area contributed by atoms with E-state index in [9.17, 15) is 9.00 Å². The molecule has 0 spiro atoms. The zero-order chi connectivity index (χ0) is 13.3. The Morgan fingerprint density at radius 2 is 2.28 bits per heavy atom. The molecule has 8 nitrogen and oxygen atoms in total. The molecule has 0 aliphatic heterocycles. The quantitative estimate of drug-likeness (QED) is 0.555. The first-order chi connectivity index (χ1) is 8.47. The molecule has 2 aromatic rings. The fourth-order valence-electron chi connectivity index (χ4n) is 1.44. The van der Waals surface area contributed by atoms with Gasteiger partial charge in [-0.25, -0.2) is 14.8 Å². The summed E-state index contributed by atoms with van der Waals surface area (Å²) in [5, 5.41) is 10.4. The molecule has 0 fully saturated rings. The zero-order valence-corrected chi connectivity index (χ0v) is 9.97. The van der Waals surface area contributed by atoms with Gasteiger partial charge in [-0.15, -0.1) is 4.28 Å². The lowest BCUT2D eigenvalue weighted by Gasteiger charge is -2.13. The predicted octanol–water partition coefficient (Wildman–Crippen LogP) is 0.766. The van der Waals surface area contributed by atoms with Gasteiger partial charge < -0.3 is 10.1 Å². The van der Waals surface area contributed by atoms with E-state index >= 15 is 0 Å². The first-order valence-corrected chi connectivity index (χ1v) is 5.75. The lowest BCUT2D eigenvalue weighted by atomic mass is 10.3. The van der Waals surface area contributed by atoms with Crippen LogP contribution < -0.4 is 5.06 Å². The van der Waals surface area contributed by atoms with Crippen molar-refractivity contribution >= 4 is 34.1 Å². The van der Waals surface area contributed by atoms with Gasteiger partial charge in [0.2, 0.25) is 0 Å². The molecule has 18 heavy (non-hydrogen) atoms. The number of aromatic nitrogens is 2. The number of carboxylic acids is 1. The molecule has 0 aromatic carbocycles. The predicted molar refractivity (Wildman–Crippen MR) is 63.3 cm³/mol. The van der Waals surface area contributed by atoms with Crippen LogP contribution in [0, 0.1) is 0 Å². The topological polar surface area (TPSA) is 116 Å². The molecule has 1 unspecified atom stereocenters. The minimum absolute atomic E-state index is 0.0401. The Balaban J connectivity index is 2.37. The third-order valence-electron chi connectivity index (χ3n) is 2.22. The molecule has 2 heterocycles. The highest BCUT2D eigenvalue weighted by molar-refractivity contribution is 7.74. The third kappa shape index (κ3) is 2.47. The molecule has 0 radical (unpaired) electrons. The van der Waals surface area contributed by atoms with Gasteiger partial charge in [-0.05, 0) is 12.1 Å². The van der Waals surface area contributed by atoms with E-state index in [4.69, 9.17) is 9.66 Å². The second kappa shape index (κ2) is 4.72. The van der Waals surface area contributed by atoms with E-state index in [1.807, 2.05) is 0 Å². The Hall–Kier alpha value is -1.97. The van der Waals surface area contributed by atoms with Crippen LogP contribution in [-0.4, -0.2) is 36.9 Å². The van der Waals surface area contributed by atoms with Gasteiger partial charge in [0, 0.05) is 12.4 Å². The van der Waals surface area contributed by atoms with Crippen molar-refractivity contribution in [3.05, 3.63) is 24.0 Å². The van der Waals surface area contributed by atoms with Gasteiger partial charge in [0.15, 0.2) is 5.82 Å². The van der Waals surface area contributed by atoms with Gasteiger partial charge in [-0.2, -0.15) is 4.21 Å². The SMILES string of the molecule is CN(OS(=O)O)c1cc2cc(C(=O)O)[nH]c2cn1. The summed E-state index contributed by atoms with van der Waals surface area (Å²) in [6.07, 6.45) is 1.41. The Morgan fingerprint density at radius 3 is 2.89 bits per heavy atom. The Bertz CT molecular complexity index is 626. The Kier molecular flexibility index (Phi) is 3.28. The number of H-pyrrole nitrogens is 1. The maximum absolute atomic E-state index is 10.8. The molecule has 0 saturated carbocycles. The number of carboxylic acid groups (broad SMARTS) is 1. The number of hydrogen-bond acceptors (Lipinski definition) is 5. The second-order valence-electron chi connectivity index (χ2n) is 3.41. The Morgan fingerprint density at radius 1 is 1.56 bits per heavy atom. The number of anilines is 1. The average molecular weight is 271 g/mol. The average Bonchev–Trinajstić information content (AvgIpc) is 2.70. The second-order valence-corrected chi connectivity index (χ2v) is 3.99. The van der Waals surface area contributed by atoms with Crippen LogP contribution in [0.5, 0.6) is 0 Å². The molecule has 2 aromatic heterocycles. The minimum atomic E-state index is -2.45. The van der Waals surface area contributed by atoms with Crippen molar-refractivity contribution < 1.29 is 22.9 Å². The number of fused-ring (bicyclic) bond motifs is 1. The molecular formula is C9H9N3O5S. The highest BCUT2D eigenvalue weighted by atomic mass is 32.2. The van der Waals surface area contributed by atoms with Crippen molar-refractivity contribution in [2.45, 2.75) is 0 Å². The summed E-state index contributed by atoms with van der Waals surface area (Å²) in [7, 11) is 1.41. The number of aromatic carboxylic acids is 1. The molecule has 0 aliphatic rings. The third-order valence-corrected chi connectivity index (χ3v) is 2.57. The van der Waals surface area contributed by atoms with Crippen molar-refractivity contribution in [3.63, 3.8) is 0 Å². The molecular weight excluding hydrogens is 262 g/mol. The normalized spacial score (nSPS) is 12.6. The van der Waals surface area contributed by atoms with Crippen molar-refractivity contribution in [3.8, 4) is 0 Å². The first-order valence-electron chi connectivity index (χ1n) is 4.72. The molecule has 96 valence electrons. The van der Waals surface area contributed by atoms with Crippen LogP contribution in [0.1, 0.15) is 10.5 Å². The van der Waals surface area contributed by atoms with Gasteiger partial charge in [0.25, 0.3) is 0 Å². The standard InChI is InChI=1S/C9H9N3O5S/c1-12(17-18(15)16)8-3-5-2-6(9(13)14)11-7(5)4-10-8/h2-4,11H,1H3,(H,13,14)(H,15,16). The largest absolute Gasteiger partial charge is 0.477 e. The van der Waals surface area contributed by atoms with E-state index < -0.39 is 17.3 Å². The number of nitrogens with zero attached hydrogens (tertiary/aromatic N) is 2. The van der Waals surface area contributed by atoms with Gasteiger partial charge in [0.1, 0.15) is 5.69 Å². The van der Waals surface area contributed by atoms with E-state index in [1.165, 1.54) is 25.4 Å². The van der Waals surface area contributed by atoms with Gasteiger partial charge >= 0.3 is 17.3 Å². The number of hydroxylamine groups is 1. The minimum Gasteiger partial charge on any atom is -0.477 e. The van der Waals surface area contributed by atoms with Crippen LogP contribution in [0.3, 0.4) is 0 Å². The maximum atomic E-state index is 10.8. The summed E-state index contributed by atoms with van der Waals surface area (Å²) in [6, 6.07) is 2.97. The fourth-order valence-corrected chi connectivity index (χ4v) is 1.71. The summed E-state index contributed by atoms with van der Waals surface area (Å²) in [5.41, 5.74) is 0.591. The smallest absolute Gasteiger partial charge is 0.352 e. The van der Waals surface area contributed by atoms with E-state index in [0.29, 0.717) is 10.9 Å². The molecule has 0 bridgehead atoms. The van der Waals surface area contributed by atoms with E-state index in [-0.39, 0.29) is 11.5 Å². The van der Waals surface area contributed by atoms with E-state index in [1.54, 1.807) is 0 Å². The van der Waals surface area contributed by atoms with Gasteiger partial charge in [-0.1, -0.05) is 0 Å².